The molecular weight excluding hydrogens is 230 g/mol. The van der Waals surface area contributed by atoms with E-state index in [1.165, 1.54) is 0 Å². The zero-order chi connectivity index (χ0) is 12.8. The molecule has 0 radical (unpaired) electrons. The molecule has 2 rings (SSSR count). The molecule has 6 heteroatoms. The van der Waals surface area contributed by atoms with Crippen LogP contribution in [-0.4, -0.2) is 48.5 Å². The molecule has 0 spiro atoms. The number of nitrogens with zero attached hydrogens (tertiary/aromatic N) is 3. The maximum absolute atomic E-state index is 11.9. The average molecular weight is 245 g/mol. The first kappa shape index (κ1) is 12.3. The highest BCUT2D eigenvalue weighted by molar-refractivity contribution is 5.81. The number of rotatable bonds is 3. The third kappa shape index (κ3) is 2.96. The van der Waals surface area contributed by atoms with Crippen LogP contribution in [0.15, 0.2) is 18.5 Å². The van der Waals surface area contributed by atoms with Gasteiger partial charge < -0.3 is 15.5 Å². The molecule has 18 heavy (non-hydrogen) atoms. The molecule has 0 saturated carbocycles. The van der Waals surface area contributed by atoms with Gasteiger partial charge in [-0.3, -0.25) is 9.78 Å². The van der Waals surface area contributed by atoms with Crippen molar-refractivity contribution in [3.05, 3.63) is 24.0 Å². The molecule has 1 aliphatic rings. The van der Waals surface area contributed by atoms with E-state index in [2.05, 4.69) is 21.7 Å². The molecule has 1 aromatic rings. The number of piperazine rings is 1. The summed E-state index contributed by atoms with van der Waals surface area (Å²) in [7, 11) is 0. The van der Waals surface area contributed by atoms with Gasteiger partial charge in [0.1, 0.15) is 6.07 Å². The molecule has 0 aliphatic carbocycles. The Kier molecular flexibility index (Phi) is 4.10. The molecule has 1 aliphatic heterocycles. The second kappa shape index (κ2) is 5.98. The molecule has 0 bridgehead atoms. The van der Waals surface area contributed by atoms with Crippen molar-refractivity contribution < 1.29 is 4.79 Å². The van der Waals surface area contributed by atoms with Crippen LogP contribution in [0.5, 0.6) is 0 Å². The van der Waals surface area contributed by atoms with Crippen LogP contribution in [-0.2, 0) is 4.79 Å². The van der Waals surface area contributed by atoms with Gasteiger partial charge in [0.25, 0.3) is 0 Å². The quantitative estimate of drug-likeness (QED) is 0.770. The van der Waals surface area contributed by atoms with Crippen LogP contribution < -0.4 is 10.6 Å². The Bertz CT molecular complexity index is 462. The minimum atomic E-state index is 0.0456. The molecule has 2 N–H and O–H groups in total. The van der Waals surface area contributed by atoms with Gasteiger partial charge in [0.05, 0.1) is 24.0 Å². The highest BCUT2D eigenvalue weighted by atomic mass is 16.2. The van der Waals surface area contributed by atoms with Gasteiger partial charge in [-0.05, 0) is 6.07 Å². The third-order valence-corrected chi connectivity index (χ3v) is 2.84. The molecular formula is C12H15N5O. The number of carbonyl (C=O) groups is 1. The zero-order valence-corrected chi connectivity index (χ0v) is 10.0. The fraction of sp³-hybridized carbons (Fsp3) is 0.417. The van der Waals surface area contributed by atoms with Crippen molar-refractivity contribution in [2.45, 2.75) is 0 Å². The van der Waals surface area contributed by atoms with E-state index in [1.807, 2.05) is 4.90 Å². The van der Waals surface area contributed by atoms with Crippen LogP contribution >= 0.6 is 0 Å². The molecule has 0 unspecified atom stereocenters. The number of hydrogen-bond acceptors (Lipinski definition) is 5. The number of nitrogens with one attached hydrogen (secondary N) is 2. The number of anilines is 1. The minimum absolute atomic E-state index is 0.0456. The van der Waals surface area contributed by atoms with Crippen LogP contribution in [0.1, 0.15) is 5.56 Å². The van der Waals surface area contributed by atoms with Crippen molar-refractivity contribution in [2.24, 2.45) is 0 Å². The van der Waals surface area contributed by atoms with Crippen molar-refractivity contribution in [1.82, 2.24) is 15.2 Å². The Morgan fingerprint density at radius 1 is 1.56 bits per heavy atom. The molecule has 6 nitrogen and oxygen atoms in total. The summed E-state index contributed by atoms with van der Waals surface area (Å²) in [5, 5.41) is 15.1. The fourth-order valence-electron chi connectivity index (χ4n) is 1.83. The number of aromatic nitrogens is 1. The van der Waals surface area contributed by atoms with E-state index < -0.39 is 0 Å². The SMILES string of the molecule is N#Cc1ccncc1NCC(=O)N1CCNCC1. The molecule has 1 fully saturated rings. The third-order valence-electron chi connectivity index (χ3n) is 2.84. The molecule has 2 heterocycles. The predicted molar refractivity (Wildman–Crippen MR) is 66.9 cm³/mol. The average Bonchev–Trinajstić information content (AvgIpc) is 2.46. The summed E-state index contributed by atoms with van der Waals surface area (Å²) >= 11 is 0. The topological polar surface area (TPSA) is 81.0 Å². The van der Waals surface area contributed by atoms with Gasteiger partial charge in [-0.1, -0.05) is 0 Å². The van der Waals surface area contributed by atoms with E-state index in [0.717, 1.165) is 26.2 Å². The Morgan fingerprint density at radius 2 is 2.33 bits per heavy atom. The van der Waals surface area contributed by atoms with E-state index in [1.54, 1.807) is 18.5 Å². The van der Waals surface area contributed by atoms with Gasteiger partial charge in [0.2, 0.25) is 5.91 Å². The summed E-state index contributed by atoms with van der Waals surface area (Å²) in [6.07, 6.45) is 3.12. The summed E-state index contributed by atoms with van der Waals surface area (Å²) in [4.78, 5) is 17.7. The predicted octanol–water partition coefficient (Wildman–Crippen LogP) is -0.203. The molecule has 1 saturated heterocycles. The van der Waals surface area contributed by atoms with Crippen LogP contribution in [0.3, 0.4) is 0 Å². The van der Waals surface area contributed by atoms with Gasteiger partial charge in [0.15, 0.2) is 0 Å². The van der Waals surface area contributed by atoms with E-state index >= 15 is 0 Å². The molecule has 1 aromatic heterocycles. The van der Waals surface area contributed by atoms with E-state index in [4.69, 9.17) is 5.26 Å². The normalized spacial score (nSPS) is 14.9. The lowest BCUT2D eigenvalue weighted by molar-refractivity contribution is -0.129. The Balaban J connectivity index is 1.91. The van der Waals surface area contributed by atoms with Crippen LogP contribution in [0.4, 0.5) is 5.69 Å². The second-order valence-corrected chi connectivity index (χ2v) is 4.02. The smallest absolute Gasteiger partial charge is 0.241 e. The highest BCUT2D eigenvalue weighted by Gasteiger charge is 2.15. The molecule has 0 aromatic carbocycles. The van der Waals surface area contributed by atoms with Gasteiger partial charge in [-0.25, -0.2) is 0 Å². The number of pyridine rings is 1. The highest BCUT2D eigenvalue weighted by Crippen LogP contribution is 2.11. The fourth-order valence-corrected chi connectivity index (χ4v) is 1.83. The lowest BCUT2D eigenvalue weighted by atomic mass is 10.2. The van der Waals surface area contributed by atoms with E-state index in [0.29, 0.717) is 11.3 Å². The Hall–Kier alpha value is -2.13. The second-order valence-electron chi connectivity index (χ2n) is 4.02. The van der Waals surface area contributed by atoms with Crippen molar-refractivity contribution >= 4 is 11.6 Å². The summed E-state index contributed by atoms with van der Waals surface area (Å²) in [5.41, 5.74) is 1.10. The standard InChI is InChI=1S/C12H15N5O/c13-7-10-1-2-15-8-11(10)16-9-12(18)17-5-3-14-4-6-17/h1-2,8,14,16H,3-6,9H2. The van der Waals surface area contributed by atoms with Gasteiger partial charge in [-0.15, -0.1) is 0 Å². The minimum Gasteiger partial charge on any atom is -0.374 e. The van der Waals surface area contributed by atoms with Gasteiger partial charge >= 0.3 is 0 Å². The summed E-state index contributed by atoms with van der Waals surface area (Å²) in [6, 6.07) is 3.68. The number of carbonyl (C=O) groups excluding carboxylic acids is 1. The van der Waals surface area contributed by atoms with Gasteiger partial charge in [-0.2, -0.15) is 5.26 Å². The molecule has 1 amide bonds. The summed E-state index contributed by atoms with van der Waals surface area (Å²) < 4.78 is 0. The van der Waals surface area contributed by atoms with Crippen LogP contribution in [0.25, 0.3) is 0 Å². The van der Waals surface area contributed by atoms with Crippen molar-refractivity contribution in [1.29, 1.82) is 5.26 Å². The number of hydrogen-bond donors (Lipinski definition) is 2. The summed E-state index contributed by atoms with van der Waals surface area (Å²) in [6.45, 7) is 3.34. The largest absolute Gasteiger partial charge is 0.374 e. The first-order valence-corrected chi connectivity index (χ1v) is 5.88. The first-order chi connectivity index (χ1) is 8.81. The lowest BCUT2D eigenvalue weighted by Crippen LogP contribution is -2.48. The van der Waals surface area contributed by atoms with E-state index in [-0.39, 0.29) is 12.5 Å². The Labute approximate surface area is 106 Å². The first-order valence-electron chi connectivity index (χ1n) is 5.88. The van der Waals surface area contributed by atoms with Crippen LogP contribution in [0.2, 0.25) is 0 Å². The lowest BCUT2D eigenvalue weighted by Gasteiger charge is -2.27. The van der Waals surface area contributed by atoms with Gasteiger partial charge in [0, 0.05) is 32.4 Å². The molecule has 94 valence electrons. The van der Waals surface area contributed by atoms with Crippen molar-refractivity contribution in [3.8, 4) is 6.07 Å². The number of nitriles is 1. The zero-order valence-electron chi connectivity index (χ0n) is 10.0. The Morgan fingerprint density at radius 3 is 3.06 bits per heavy atom. The maximum Gasteiger partial charge on any atom is 0.241 e. The van der Waals surface area contributed by atoms with Crippen LogP contribution in [0, 0.1) is 11.3 Å². The number of amides is 1. The van der Waals surface area contributed by atoms with E-state index in [9.17, 15) is 4.79 Å². The monoisotopic (exact) mass is 245 g/mol. The maximum atomic E-state index is 11.9. The molecule has 0 atom stereocenters. The summed E-state index contributed by atoms with van der Waals surface area (Å²) in [5.74, 6) is 0.0456. The van der Waals surface area contributed by atoms with Crippen molar-refractivity contribution in [3.63, 3.8) is 0 Å². The van der Waals surface area contributed by atoms with Crippen molar-refractivity contribution in [2.75, 3.05) is 38.0 Å².